The lowest BCUT2D eigenvalue weighted by atomic mass is 10.0. The molecule has 110 valence electrons. The highest BCUT2D eigenvalue weighted by atomic mass is 79.9. The number of nitrogens with one attached hydrogen (secondary N) is 1. The molecule has 0 aromatic heterocycles. The van der Waals surface area contributed by atoms with Crippen molar-refractivity contribution < 1.29 is 4.74 Å². The topological polar surface area (TPSA) is 21.3 Å². The summed E-state index contributed by atoms with van der Waals surface area (Å²) in [6.07, 6.45) is 1.00. The third kappa shape index (κ3) is 3.24. The molecular weight excluding hydrogens is 326 g/mol. The second kappa shape index (κ2) is 6.10. The Labute approximate surface area is 134 Å². The van der Waals surface area contributed by atoms with Crippen molar-refractivity contribution in [3.8, 4) is 5.75 Å². The lowest BCUT2D eigenvalue weighted by Gasteiger charge is -2.13. The zero-order chi connectivity index (χ0) is 14.8. The lowest BCUT2D eigenvalue weighted by molar-refractivity contribution is 0.354. The molecule has 0 fully saturated rings. The van der Waals surface area contributed by atoms with Crippen LogP contribution in [0.1, 0.15) is 36.5 Å². The van der Waals surface area contributed by atoms with Crippen LogP contribution in [-0.4, -0.2) is 6.61 Å². The van der Waals surface area contributed by atoms with Crippen LogP contribution in [0.2, 0.25) is 0 Å². The molecule has 3 rings (SSSR count). The van der Waals surface area contributed by atoms with E-state index >= 15 is 0 Å². The van der Waals surface area contributed by atoms with Gasteiger partial charge in [-0.25, -0.2) is 0 Å². The van der Waals surface area contributed by atoms with E-state index in [0.717, 1.165) is 35.5 Å². The normalized spacial score (nSPS) is 13.1. The highest BCUT2D eigenvalue weighted by Crippen LogP contribution is 2.33. The Hall–Kier alpha value is -1.48. The SMILES string of the molecule is CC(C)c1cccc(NCc2cc(Br)cc3c2OCC3)c1. The van der Waals surface area contributed by atoms with Gasteiger partial charge in [0.2, 0.25) is 0 Å². The fourth-order valence-corrected chi connectivity index (χ4v) is 3.24. The predicted molar refractivity (Wildman–Crippen MR) is 91.2 cm³/mol. The van der Waals surface area contributed by atoms with Crippen molar-refractivity contribution in [3.63, 3.8) is 0 Å². The summed E-state index contributed by atoms with van der Waals surface area (Å²) in [5, 5.41) is 3.51. The summed E-state index contributed by atoms with van der Waals surface area (Å²) in [7, 11) is 0. The summed E-state index contributed by atoms with van der Waals surface area (Å²) in [6.45, 7) is 6.01. The third-order valence-corrected chi connectivity index (χ3v) is 4.32. The molecule has 2 nitrogen and oxygen atoms in total. The largest absolute Gasteiger partial charge is 0.493 e. The smallest absolute Gasteiger partial charge is 0.127 e. The number of anilines is 1. The van der Waals surface area contributed by atoms with Crippen molar-refractivity contribution >= 4 is 21.6 Å². The van der Waals surface area contributed by atoms with Crippen molar-refractivity contribution in [2.45, 2.75) is 32.7 Å². The molecule has 0 amide bonds. The Bertz CT molecular complexity index is 652. The molecule has 1 aliphatic rings. The predicted octanol–water partition coefficient (Wildman–Crippen LogP) is 5.12. The maximum absolute atomic E-state index is 5.77. The van der Waals surface area contributed by atoms with Gasteiger partial charge in [0.15, 0.2) is 0 Å². The first-order valence-corrected chi connectivity index (χ1v) is 8.20. The van der Waals surface area contributed by atoms with E-state index < -0.39 is 0 Å². The van der Waals surface area contributed by atoms with Gasteiger partial charge in [-0.15, -0.1) is 0 Å². The van der Waals surface area contributed by atoms with E-state index in [-0.39, 0.29) is 0 Å². The molecule has 0 unspecified atom stereocenters. The molecule has 0 bridgehead atoms. The minimum absolute atomic E-state index is 0.546. The van der Waals surface area contributed by atoms with E-state index in [9.17, 15) is 0 Å². The van der Waals surface area contributed by atoms with Crippen LogP contribution >= 0.6 is 15.9 Å². The van der Waals surface area contributed by atoms with E-state index in [0.29, 0.717) is 5.92 Å². The first kappa shape index (κ1) is 14.5. The Morgan fingerprint density at radius 3 is 2.90 bits per heavy atom. The Kier molecular flexibility index (Phi) is 4.20. The first-order valence-electron chi connectivity index (χ1n) is 7.41. The average molecular weight is 346 g/mol. The molecule has 0 radical (unpaired) electrons. The van der Waals surface area contributed by atoms with Crippen molar-refractivity contribution in [1.29, 1.82) is 0 Å². The van der Waals surface area contributed by atoms with Crippen LogP contribution in [0.4, 0.5) is 5.69 Å². The van der Waals surface area contributed by atoms with Crippen molar-refractivity contribution in [2.75, 3.05) is 11.9 Å². The maximum Gasteiger partial charge on any atom is 0.127 e. The fraction of sp³-hybridized carbons (Fsp3) is 0.333. The maximum atomic E-state index is 5.77. The van der Waals surface area contributed by atoms with Crippen LogP contribution < -0.4 is 10.1 Å². The van der Waals surface area contributed by atoms with Gasteiger partial charge in [0.05, 0.1) is 6.61 Å². The van der Waals surface area contributed by atoms with Crippen LogP contribution in [-0.2, 0) is 13.0 Å². The fourth-order valence-electron chi connectivity index (χ4n) is 2.68. The van der Waals surface area contributed by atoms with Crippen LogP contribution in [0, 0.1) is 0 Å². The highest BCUT2D eigenvalue weighted by Gasteiger charge is 2.17. The van der Waals surface area contributed by atoms with Crippen molar-refractivity contribution in [3.05, 3.63) is 57.6 Å². The number of fused-ring (bicyclic) bond motifs is 1. The molecule has 2 aromatic carbocycles. The third-order valence-electron chi connectivity index (χ3n) is 3.86. The average Bonchev–Trinajstić information content (AvgIpc) is 2.93. The standard InChI is InChI=1S/C18H20BrNO/c1-12(2)13-4-3-5-17(10-13)20-11-15-9-16(19)8-14-6-7-21-18(14)15/h3-5,8-10,12,20H,6-7,11H2,1-2H3. The molecule has 0 saturated carbocycles. The number of rotatable bonds is 4. The Balaban J connectivity index is 1.78. The van der Waals surface area contributed by atoms with Gasteiger partial charge in [-0.2, -0.15) is 0 Å². The Morgan fingerprint density at radius 1 is 1.24 bits per heavy atom. The molecular formula is C18H20BrNO. The zero-order valence-electron chi connectivity index (χ0n) is 12.4. The second-order valence-corrected chi connectivity index (χ2v) is 6.70. The summed E-state index contributed by atoms with van der Waals surface area (Å²) in [6, 6.07) is 12.9. The summed E-state index contributed by atoms with van der Waals surface area (Å²) in [4.78, 5) is 0. The van der Waals surface area contributed by atoms with Gasteiger partial charge in [-0.3, -0.25) is 0 Å². The molecule has 1 aliphatic heterocycles. The lowest BCUT2D eigenvalue weighted by Crippen LogP contribution is -2.02. The molecule has 21 heavy (non-hydrogen) atoms. The second-order valence-electron chi connectivity index (χ2n) is 5.79. The Morgan fingerprint density at radius 2 is 2.10 bits per heavy atom. The monoisotopic (exact) mass is 345 g/mol. The van der Waals surface area contributed by atoms with Crippen molar-refractivity contribution in [1.82, 2.24) is 0 Å². The van der Waals surface area contributed by atoms with Gasteiger partial charge >= 0.3 is 0 Å². The van der Waals surface area contributed by atoms with E-state index in [4.69, 9.17) is 4.74 Å². The van der Waals surface area contributed by atoms with Crippen LogP contribution in [0.15, 0.2) is 40.9 Å². The van der Waals surface area contributed by atoms with Crippen molar-refractivity contribution in [2.24, 2.45) is 0 Å². The minimum Gasteiger partial charge on any atom is -0.493 e. The summed E-state index contributed by atoms with van der Waals surface area (Å²) < 4.78 is 6.90. The van der Waals surface area contributed by atoms with E-state index in [1.54, 1.807) is 0 Å². The summed E-state index contributed by atoms with van der Waals surface area (Å²) >= 11 is 3.59. The molecule has 0 saturated heterocycles. The number of ether oxygens (including phenoxy) is 1. The minimum atomic E-state index is 0.546. The zero-order valence-corrected chi connectivity index (χ0v) is 14.0. The van der Waals surface area contributed by atoms with Crippen LogP contribution in [0.5, 0.6) is 5.75 Å². The number of benzene rings is 2. The van der Waals surface area contributed by atoms with Crippen LogP contribution in [0.25, 0.3) is 0 Å². The van der Waals surface area contributed by atoms with Gasteiger partial charge in [-0.05, 0) is 41.3 Å². The summed E-state index contributed by atoms with van der Waals surface area (Å²) in [5.74, 6) is 1.61. The van der Waals surface area contributed by atoms with E-state index in [1.807, 2.05) is 0 Å². The van der Waals surface area contributed by atoms with E-state index in [1.165, 1.54) is 16.7 Å². The molecule has 0 spiro atoms. The van der Waals surface area contributed by atoms with Gasteiger partial charge in [-0.1, -0.05) is 41.9 Å². The van der Waals surface area contributed by atoms with Crippen LogP contribution in [0.3, 0.4) is 0 Å². The molecule has 0 aliphatic carbocycles. The number of hydrogen-bond acceptors (Lipinski definition) is 2. The van der Waals surface area contributed by atoms with Gasteiger partial charge in [0.1, 0.15) is 5.75 Å². The molecule has 3 heteroatoms. The molecule has 2 aromatic rings. The van der Waals surface area contributed by atoms with Gasteiger partial charge < -0.3 is 10.1 Å². The first-order chi connectivity index (χ1) is 10.1. The van der Waals surface area contributed by atoms with Gasteiger partial charge in [0, 0.05) is 28.7 Å². The molecule has 1 N–H and O–H groups in total. The van der Waals surface area contributed by atoms with E-state index in [2.05, 4.69) is 71.5 Å². The highest BCUT2D eigenvalue weighted by molar-refractivity contribution is 9.10. The number of halogens is 1. The summed E-state index contributed by atoms with van der Waals surface area (Å²) in [5.41, 5.74) is 5.03. The quantitative estimate of drug-likeness (QED) is 0.830. The van der Waals surface area contributed by atoms with Gasteiger partial charge in [0.25, 0.3) is 0 Å². The number of hydrogen-bond donors (Lipinski definition) is 1. The molecule has 1 heterocycles. The molecule has 0 atom stereocenters.